The van der Waals surface area contributed by atoms with E-state index < -0.39 is 179 Å². The zero-order valence-corrected chi connectivity index (χ0v) is 61.6. The number of likely N-dealkylation sites (N-methyl/N-ethyl adjacent to an activating group) is 6. The number of aryl methyl sites for hydroxylation is 1. The molecule has 6 rings (SSSR count). The highest BCUT2D eigenvalue weighted by Gasteiger charge is 2.48. The first-order chi connectivity index (χ1) is 46.4. The van der Waals surface area contributed by atoms with Gasteiger partial charge in [-0.3, -0.25) is 57.5 Å². The number of fused-ring (bicyclic) bond motifs is 2. The number of halogens is 4. The molecule has 0 radical (unpaired) electrons. The topological polar surface area (TPSA) is 270 Å². The molecular weight excluding hydrogens is 1310 g/mol. The van der Waals surface area contributed by atoms with Crippen molar-refractivity contribution in [2.75, 3.05) is 75.0 Å². The minimum Gasteiger partial charge on any atom is -0.343 e. The highest BCUT2D eigenvalue weighted by molar-refractivity contribution is 6.31. The van der Waals surface area contributed by atoms with E-state index in [9.17, 15) is 56.3 Å². The van der Waals surface area contributed by atoms with Crippen molar-refractivity contribution in [3.05, 3.63) is 34.3 Å². The third-order valence-electron chi connectivity index (χ3n) is 21.2. The van der Waals surface area contributed by atoms with Crippen LogP contribution in [0.5, 0.6) is 0 Å². The Morgan fingerprint density at radius 2 is 1.20 bits per heavy atom. The summed E-state index contributed by atoms with van der Waals surface area (Å²) in [6, 6.07) is -9.24. The zero-order valence-electron chi connectivity index (χ0n) is 60.9. The Bertz CT molecular complexity index is 3090. The minimum absolute atomic E-state index is 0.0189. The van der Waals surface area contributed by atoms with Crippen LogP contribution >= 0.6 is 11.6 Å². The quantitative estimate of drug-likeness (QED) is 0.226. The maximum Gasteiger partial charge on any atom is 0.417 e. The van der Waals surface area contributed by atoms with Gasteiger partial charge < -0.3 is 60.0 Å². The Morgan fingerprint density at radius 1 is 0.596 bits per heavy atom. The molecule has 28 heteroatoms. The molecule has 4 heterocycles. The number of rotatable bonds is 12. The standard InChI is InChI=1S/C71H110ClF3N12O12/c1-16-44(8)59-69(98)80(11)45(9)63(92)87-35-31-52(87)66(95)82(13)54(38-46-24-19-17-20-25-46)65(94)79(10)40-56(88)76-50(30-28-47-27-29-48(49(72)37-47)71(73,74)75)64(93)86-34-23-26-51(86)61(90)77-58(42(4)5)68(97)84(15)60(43(6)7)70(99)83(14)55(67(96)85-32-21-18-22-33-85)39-57(89)81(12)53(36-41(2)3)62(91)78-59/h27,29,37,41-46,50-55,58-60H,16-26,28,30-36,38-40H2,1-15H3,(H,76,88)(H,77,90)(H,78,91)/t44-,45-,50-,51-,52-,53-,54-,55-,58-,59-,60-/m0/s1. The Morgan fingerprint density at radius 3 is 1.77 bits per heavy atom. The Labute approximate surface area is 587 Å². The zero-order chi connectivity index (χ0) is 73.8. The van der Waals surface area contributed by atoms with Crippen LogP contribution in [0.25, 0.3) is 0 Å². The minimum atomic E-state index is -4.76. The van der Waals surface area contributed by atoms with E-state index in [1.54, 1.807) is 39.5 Å². The smallest absolute Gasteiger partial charge is 0.343 e. The van der Waals surface area contributed by atoms with Crippen molar-refractivity contribution in [2.45, 2.75) is 238 Å². The highest BCUT2D eigenvalue weighted by atomic mass is 35.5. The van der Waals surface area contributed by atoms with Crippen LogP contribution in [-0.4, -0.2) is 250 Å². The van der Waals surface area contributed by atoms with Crippen molar-refractivity contribution in [3.8, 4) is 0 Å². The van der Waals surface area contributed by atoms with Crippen molar-refractivity contribution in [2.24, 2.45) is 29.6 Å². The van der Waals surface area contributed by atoms with Crippen LogP contribution in [0.4, 0.5) is 13.2 Å². The van der Waals surface area contributed by atoms with E-state index in [1.165, 1.54) is 89.6 Å². The number of piperidine rings is 1. The second-order valence-corrected chi connectivity index (χ2v) is 29.9. The molecule has 24 nitrogen and oxygen atoms in total. The maximum absolute atomic E-state index is 15.3. The fraction of sp³-hybridized carbons (Fsp3) is 0.746. The summed E-state index contributed by atoms with van der Waals surface area (Å²) in [5, 5.41) is 7.95. The molecule has 11 atom stereocenters. The van der Waals surface area contributed by atoms with Crippen LogP contribution in [0.3, 0.4) is 0 Å². The monoisotopic (exact) mass is 1410 g/mol. The molecule has 554 valence electrons. The van der Waals surface area contributed by atoms with Crippen LogP contribution in [0.2, 0.25) is 5.02 Å². The van der Waals surface area contributed by atoms with Crippen LogP contribution in [0.15, 0.2) is 18.2 Å². The van der Waals surface area contributed by atoms with Gasteiger partial charge in [-0.2, -0.15) is 13.2 Å². The van der Waals surface area contributed by atoms with E-state index in [4.69, 9.17) is 11.6 Å². The SMILES string of the molecule is CC[C@H](C)[C@@H]1NC(=O)[C@H](CC(C)C)N(C)C(=O)C[C@@H](C(=O)N2CCCCC2)N(C)C(=O)[C@H](C(C)C)N(C)C(=O)[C@H](C(C)C)NC(=O)[C@@H]2CCCN2C(=O)[C@H](CCc2ccc(C(F)(F)F)c(Cl)c2)NC(=O)CN(C)C(=O)[C@H](CC2CCCCC2)N(C)C(=O)[C@@H]2CCN2C(=O)[C@H](C)N(C)C1=O. The van der Waals surface area contributed by atoms with E-state index in [-0.39, 0.29) is 63.5 Å². The number of hydrogen-bond acceptors (Lipinski definition) is 12. The van der Waals surface area contributed by atoms with E-state index in [0.717, 1.165) is 55.6 Å². The van der Waals surface area contributed by atoms with Gasteiger partial charge in [0.15, 0.2) is 0 Å². The van der Waals surface area contributed by atoms with Gasteiger partial charge in [-0.1, -0.05) is 112 Å². The Hall–Kier alpha value is -7.06. The van der Waals surface area contributed by atoms with Crippen molar-refractivity contribution < 1.29 is 70.7 Å². The van der Waals surface area contributed by atoms with E-state index in [0.29, 0.717) is 44.3 Å². The van der Waals surface area contributed by atoms with E-state index >= 15 is 14.4 Å². The molecule has 12 amide bonds. The Balaban J connectivity index is 1.43. The number of likely N-dealkylation sites (tertiary alicyclic amines) is 1. The van der Waals surface area contributed by atoms with Gasteiger partial charge in [0.25, 0.3) is 0 Å². The van der Waals surface area contributed by atoms with Gasteiger partial charge in [0.2, 0.25) is 70.9 Å². The molecule has 99 heavy (non-hydrogen) atoms. The molecule has 1 saturated carbocycles. The van der Waals surface area contributed by atoms with Gasteiger partial charge in [-0.15, -0.1) is 0 Å². The number of nitrogens with zero attached hydrogens (tertiary/aromatic N) is 9. The number of carbonyl (C=O) groups excluding carboxylic acids is 12. The second kappa shape index (κ2) is 35.5. The lowest BCUT2D eigenvalue weighted by molar-refractivity contribution is -0.160. The van der Waals surface area contributed by atoms with Crippen LogP contribution in [0.1, 0.15) is 176 Å². The number of amides is 12. The second-order valence-electron chi connectivity index (χ2n) is 29.5. The van der Waals surface area contributed by atoms with Crippen LogP contribution in [-0.2, 0) is 70.1 Å². The molecule has 0 bridgehead atoms. The summed E-state index contributed by atoms with van der Waals surface area (Å²) in [6.07, 6.45) is 2.34. The number of alkyl halides is 3. The van der Waals surface area contributed by atoms with Gasteiger partial charge in [0.1, 0.15) is 60.4 Å². The molecule has 1 aromatic carbocycles. The van der Waals surface area contributed by atoms with E-state index in [2.05, 4.69) is 16.0 Å². The summed E-state index contributed by atoms with van der Waals surface area (Å²) in [4.78, 5) is 190. The van der Waals surface area contributed by atoms with Crippen molar-refractivity contribution >= 4 is 82.5 Å². The van der Waals surface area contributed by atoms with Crippen LogP contribution < -0.4 is 16.0 Å². The third kappa shape index (κ3) is 19.9. The van der Waals surface area contributed by atoms with Crippen molar-refractivity contribution in [1.29, 1.82) is 0 Å². The number of benzene rings is 1. The normalized spacial score (nSPS) is 27.6. The fourth-order valence-corrected chi connectivity index (χ4v) is 14.8. The van der Waals surface area contributed by atoms with Crippen LogP contribution in [0, 0.1) is 29.6 Å². The molecule has 0 spiro atoms. The number of carbonyl (C=O) groups is 12. The predicted octanol–water partition coefficient (Wildman–Crippen LogP) is 5.74. The molecule has 5 fully saturated rings. The average Bonchev–Trinajstić information content (AvgIpc) is 0.990. The van der Waals surface area contributed by atoms with Gasteiger partial charge in [-0.05, 0) is 118 Å². The van der Waals surface area contributed by atoms with Gasteiger partial charge >= 0.3 is 6.18 Å². The molecule has 1 aromatic rings. The molecule has 4 aliphatic heterocycles. The lowest BCUT2D eigenvalue weighted by atomic mass is 9.84. The summed E-state index contributed by atoms with van der Waals surface area (Å²) < 4.78 is 41.5. The van der Waals surface area contributed by atoms with Crippen molar-refractivity contribution in [1.82, 2.24) is 60.0 Å². The molecule has 4 saturated heterocycles. The molecule has 0 unspecified atom stereocenters. The third-order valence-corrected chi connectivity index (χ3v) is 21.5. The molecule has 0 aromatic heterocycles. The molecule has 3 N–H and O–H groups in total. The largest absolute Gasteiger partial charge is 0.417 e. The van der Waals surface area contributed by atoms with Gasteiger partial charge in [0.05, 0.1) is 23.6 Å². The number of hydrogen-bond donors (Lipinski definition) is 3. The summed E-state index contributed by atoms with van der Waals surface area (Å²) in [7, 11) is 8.51. The summed E-state index contributed by atoms with van der Waals surface area (Å²) in [5.74, 6) is -9.76. The van der Waals surface area contributed by atoms with Gasteiger partial charge in [-0.25, -0.2) is 0 Å². The first-order valence-electron chi connectivity index (χ1n) is 35.7. The summed E-state index contributed by atoms with van der Waals surface area (Å²) in [5.41, 5.74) is -0.783. The molecule has 1 aliphatic carbocycles. The molecular formula is C71H110ClF3N12O12. The maximum atomic E-state index is 15.3. The first kappa shape index (κ1) is 80.9. The highest BCUT2D eigenvalue weighted by Crippen LogP contribution is 2.36. The predicted molar refractivity (Wildman–Crippen MR) is 366 cm³/mol. The van der Waals surface area contributed by atoms with Gasteiger partial charge in [0, 0.05) is 68.5 Å². The van der Waals surface area contributed by atoms with E-state index in [1.807, 2.05) is 20.8 Å². The lowest BCUT2D eigenvalue weighted by Crippen LogP contribution is -2.65. The lowest BCUT2D eigenvalue weighted by Gasteiger charge is -2.45. The average molecular weight is 1420 g/mol. The number of nitrogens with one attached hydrogen (secondary N) is 3. The summed E-state index contributed by atoms with van der Waals surface area (Å²) >= 11 is 6.14. The molecule has 5 aliphatic rings. The Kier molecular flexibility index (Phi) is 29.0. The fourth-order valence-electron chi connectivity index (χ4n) is 14.5. The first-order valence-corrected chi connectivity index (χ1v) is 36.0. The van der Waals surface area contributed by atoms with Crippen molar-refractivity contribution in [3.63, 3.8) is 0 Å². The summed E-state index contributed by atoms with van der Waals surface area (Å²) in [6.45, 7) is 15.9.